The average Bonchev–Trinajstić information content (AvgIpc) is 3.57. The van der Waals surface area contributed by atoms with Gasteiger partial charge in [0.2, 0.25) is 5.91 Å². The number of rotatable bonds is 12. The monoisotopic (exact) mass is 659 g/mol. The summed E-state index contributed by atoms with van der Waals surface area (Å²) in [5.74, 6) is -4.51. The Labute approximate surface area is 273 Å². The van der Waals surface area contributed by atoms with Gasteiger partial charge in [-0.1, -0.05) is 20.3 Å². The lowest BCUT2D eigenvalue weighted by atomic mass is 9.79. The van der Waals surface area contributed by atoms with Gasteiger partial charge in [0.1, 0.15) is 23.1 Å². The van der Waals surface area contributed by atoms with Crippen molar-refractivity contribution in [3.63, 3.8) is 0 Å². The number of Topliss-reactive ketones (excluding diaryl/α,β-unsaturated/α-hetero) is 1. The van der Waals surface area contributed by atoms with Crippen LogP contribution in [-0.4, -0.2) is 77.2 Å². The lowest BCUT2D eigenvalue weighted by Gasteiger charge is -2.45. The van der Waals surface area contributed by atoms with Crippen LogP contribution in [0.2, 0.25) is 0 Å². The summed E-state index contributed by atoms with van der Waals surface area (Å²) in [6, 6.07) is 3.08. The fourth-order valence-electron chi connectivity index (χ4n) is 7.50. The smallest absolute Gasteiger partial charge is 0.408 e. The molecule has 1 aliphatic carbocycles. The Bertz CT molecular complexity index is 1500. The van der Waals surface area contributed by atoms with E-state index in [4.69, 9.17) is 14.2 Å². The average molecular weight is 660 g/mol. The van der Waals surface area contributed by atoms with Crippen molar-refractivity contribution in [2.45, 2.75) is 103 Å². The highest BCUT2D eigenvalue weighted by molar-refractivity contribution is 5.92. The van der Waals surface area contributed by atoms with E-state index in [0.717, 1.165) is 12.8 Å². The van der Waals surface area contributed by atoms with Gasteiger partial charge in [-0.2, -0.15) is 8.78 Å². The number of benzene rings is 1. The number of methoxy groups -OCH3 is 1. The minimum absolute atomic E-state index is 0.0279. The summed E-state index contributed by atoms with van der Waals surface area (Å²) >= 11 is 0. The van der Waals surface area contributed by atoms with E-state index in [2.05, 4.69) is 15.3 Å². The third kappa shape index (κ3) is 7.14. The maximum Gasteiger partial charge on any atom is 0.408 e. The van der Waals surface area contributed by atoms with E-state index in [-0.39, 0.29) is 54.2 Å². The largest absolute Gasteiger partial charge is 0.857 e. The molecule has 3 aliphatic rings. The second-order valence-corrected chi connectivity index (χ2v) is 14.1. The Morgan fingerprint density at radius 2 is 1.91 bits per heavy atom. The van der Waals surface area contributed by atoms with Gasteiger partial charge < -0.3 is 29.5 Å². The van der Waals surface area contributed by atoms with Crippen LogP contribution in [0.25, 0.3) is 11.0 Å². The van der Waals surface area contributed by atoms with Gasteiger partial charge in [0.15, 0.2) is 5.78 Å². The molecule has 2 saturated heterocycles. The molecule has 0 bridgehead atoms. The van der Waals surface area contributed by atoms with E-state index in [9.17, 15) is 19.5 Å². The fourth-order valence-corrected chi connectivity index (χ4v) is 7.50. The topological polar surface area (TPSA) is 143 Å². The number of likely N-dealkylation sites (tertiary alicyclic amines) is 1. The van der Waals surface area contributed by atoms with Crippen LogP contribution in [0, 0.1) is 17.3 Å². The number of nitrogens with one attached hydrogen (secondary N) is 1. The highest BCUT2D eigenvalue weighted by Crippen LogP contribution is 2.43. The van der Waals surface area contributed by atoms with Crippen LogP contribution >= 0.6 is 0 Å². The van der Waals surface area contributed by atoms with Crippen molar-refractivity contribution in [1.82, 2.24) is 20.2 Å². The molecule has 47 heavy (non-hydrogen) atoms. The standard InChI is InChI=1S/C34H46F2N4O7/c1-20-13-16-40(26(20)21(2)41)30(43)28(32(3)18-46-19-32)39-31(44)47-33(4)14-8-10-22(33)9-6-7-15-34(35,36)27-29(42)38-25-17-23(45-5)11-12-24(25)37-27/h11-12,17,20,22,26,28H,6-10,13-16,18-19H2,1-5H3,(H,38,42)(H,39,44)/p-1/t20-,22-,26+,28?,33?/m1/s1. The zero-order valence-corrected chi connectivity index (χ0v) is 27.8. The fraction of sp³-hybridized carbons (Fsp3) is 0.676. The highest BCUT2D eigenvalue weighted by Gasteiger charge is 2.51. The summed E-state index contributed by atoms with van der Waals surface area (Å²) in [5.41, 5.74) is -1.97. The number of alkyl halides is 2. The van der Waals surface area contributed by atoms with Crippen molar-refractivity contribution in [2.24, 2.45) is 17.3 Å². The van der Waals surface area contributed by atoms with Crippen LogP contribution in [0.5, 0.6) is 11.6 Å². The van der Waals surface area contributed by atoms with E-state index < -0.39 is 53.1 Å². The molecule has 2 aromatic rings. The first-order valence-corrected chi connectivity index (χ1v) is 16.5. The van der Waals surface area contributed by atoms with Crippen LogP contribution in [0.1, 0.15) is 84.8 Å². The van der Waals surface area contributed by atoms with Gasteiger partial charge in [0.25, 0.3) is 5.92 Å². The Morgan fingerprint density at radius 3 is 2.57 bits per heavy atom. The number of carbonyl (C=O) groups is 3. The normalized spacial score (nSPS) is 26.1. The third-order valence-electron chi connectivity index (χ3n) is 10.4. The Hall–Kier alpha value is -3.61. The van der Waals surface area contributed by atoms with Gasteiger partial charge >= 0.3 is 6.09 Å². The summed E-state index contributed by atoms with van der Waals surface area (Å²) < 4.78 is 46.9. The number of unbranched alkanes of at least 4 members (excludes halogenated alkanes) is 1. The number of halogens is 2. The van der Waals surface area contributed by atoms with Crippen LogP contribution in [0.4, 0.5) is 13.6 Å². The number of nitrogens with zero attached hydrogens (tertiary/aromatic N) is 3. The number of hydrogen-bond acceptors (Lipinski definition) is 9. The molecule has 1 saturated carbocycles. The van der Waals surface area contributed by atoms with Crippen LogP contribution in [-0.2, 0) is 25.0 Å². The predicted octanol–water partition coefficient (Wildman–Crippen LogP) is 4.88. The van der Waals surface area contributed by atoms with Gasteiger partial charge in [0, 0.05) is 30.3 Å². The molecule has 0 radical (unpaired) electrons. The van der Waals surface area contributed by atoms with Crippen LogP contribution in [0.15, 0.2) is 18.2 Å². The SMILES string of the molecule is COc1ccc2nc(C(F)(F)CCCC[C@@H]3CCCC3(C)OC(=O)NC(C(=O)N3CC[C@@H](C)[C@H]3C(C)=O)C3(C)COC3)c([O-])nc2c1. The molecule has 2 unspecified atom stereocenters. The van der Waals surface area contributed by atoms with Crippen molar-refractivity contribution in [3.8, 4) is 11.6 Å². The Balaban J connectivity index is 1.18. The molecule has 0 spiro atoms. The molecule has 1 aromatic carbocycles. The lowest BCUT2D eigenvalue weighted by Crippen LogP contribution is -2.64. The van der Waals surface area contributed by atoms with E-state index in [1.54, 1.807) is 11.0 Å². The number of hydrogen-bond donors (Lipinski definition) is 1. The highest BCUT2D eigenvalue weighted by atomic mass is 19.3. The molecule has 3 fully saturated rings. The molecule has 2 aliphatic heterocycles. The van der Waals surface area contributed by atoms with Crippen LogP contribution in [0.3, 0.4) is 0 Å². The minimum atomic E-state index is -3.45. The molecule has 5 rings (SSSR count). The van der Waals surface area contributed by atoms with Gasteiger partial charge in [-0.3, -0.25) is 14.6 Å². The number of amides is 2. The predicted molar refractivity (Wildman–Crippen MR) is 166 cm³/mol. The first kappa shape index (κ1) is 34.7. The van der Waals surface area contributed by atoms with Crippen molar-refractivity contribution < 1.29 is 42.5 Å². The van der Waals surface area contributed by atoms with Crippen LogP contribution < -0.4 is 15.2 Å². The second kappa shape index (κ2) is 13.5. The van der Waals surface area contributed by atoms with Crippen molar-refractivity contribution in [1.29, 1.82) is 0 Å². The summed E-state index contributed by atoms with van der Waals surface area (Å²) in [6.07, 6.45) is 2.71. The maximum atomic E-state index is 15.2. The molecule has 1 aromatic heterocycles. The molecule has 5 atom stereocenters. The van der Waals surface area contributed by atoms with Gasteiger partial charge in [-0.05, 0) is 76.3 Å². The summed E-state index contributed by atoms with van der Waals surface area (Å²) in [7, 11) is 1.46. The number of fused-ring (bicyclic) bond motifs is 1. The zero-order valence-electron chi connectivity index (χ0n) is 27.8. The van der Waals surface area contributed by atoms with Crippen molar-refractivity contribution >= 4 is 28.8 Å². The number of ketones is 1. The van der Waals surface area contributed by atoms with E-state index in [1.807, 2.05) is 20.8 Å². The number of carbonyl (C=O) groups excluding carboxylic acids is 3. The molecule has 11 nitrogen and oxygen atoms in total. The molecule has 3 heterocycles. The first-order valence-electron chi connectivity index (χ1n) is 16.5. The van der Waals surface area contributed by atoms with Gasteiger partial charge in [-0.15, -0.1) is 0 Å². The lowest BCUT2D eigenvalue weighted by molar-refractivity contribution is -0.279. The molecular formula is C34H45F2N4O7-. The molecule has 2 amide bonds. The molecule has 1 N–H and O–H groups in total. The van der Waals surface area contributed by atoms with Crippen molar-refractivity contribution in [3.05, 3.63) is 23.9 Å². The molecule has 13 heteroatoms. The second-order valence-electron chi connectivity index (χ2n) is 14.1. The summed E-state index contributed by atoms with van der Waals surface area (Å²) in [5, 5.41) is 15.3. The Kier molecular flexibility index (Phi) is 9.96. The van der Waals surface area contributed by atoms with Gasteiger partial charge in [-0.25, -0.2) is 9.78 Å². The molecular weight excluding hydrogens is 614 g/mol. The van der Waals surface area contributed by atoms with Crippen molar-refractivity contribution in [2.75, 3.05) is 26.9 Å². The zero-order chi connectivity index (χ0) is 34.1. The minimum Gasteiger partial charge on any atom is -0.857 e. The van der Waals surface area contributed by atoms with E-state index in [0.29, 0.717) is 38.0 Å². The summed E-state index contributed by atoms with van der Waals surface area (Å²) in [6.45, 7) is 8.16. The first-order chi connectivity index (χ1) is 22.2. The number of aromatic nitrogens is 2. The summed E-state index contributed by atoms with van der Waals surface area (Å²) in [4.78, 5) is 48.9. The molecule has 258 valence electrons. The quantitative estimate of drug-likeness (QED) is 0.316. The van der Waals surface area contributed by atoms with E-state index in [1.165, 1.54) is 26.2 Å². The number of alkyl carbamates (subject to hydrolysis) is 1. The van der Waals surface area contributed by atoms with E-state index >= 15 is 8.78 Å². The third-order valence-corrected chi connectivity index (χ3v) is 10.4. The maximum absolute atomic E-state index is 15.2. The Morgan fingerprint density at radius 1 is 1.17 bits per heavy atom. The number of ether oxygens (including phenoxy) is 3. The van der Waals surface area contributed by atoms with Gasteiger partial charge in [0.05, 0.1) is 37.4 Å².